The van der Waals surface area contributed by atoms with Gasteiger partial charge in [-0.2, -0.15) is 18.3 Å². The van der Waals surface area contributed by atoms with Crippen molar-refractivity contribution in [1.82, 2.24) is 10.2 Å². The Bertz CT molecular complexity index is 572. The van der Waals surface area contributed by atoms with Gasteiger partial charge in [0.1, 0.15) is 5.69 Å². The maximum atomic E-state index is 12.6. The smallest absolute Gasteiger partial charge is 0.271 e. The van der Waals surface area contributed by atoms with E-state index in [9.17, 15) is 18.1 Å². The lowest BCUT2D eigenvalue weighted by atomic mass is 10.1. The number of H-pyrrole nitrogens is 1. The molecule has 0 saturated heterocycles. The summed E-state index contributed by atoms with van der Waals surface area (Å²) >= 11 is 0. The number of aromatic nitrogens is 2. The molecule has 0 unspecified atom stereocenters. The van der Waals surface area contributed by atoms with E-state index in [1.54, 1.807) is 24.3 Å². The summed E-state index contributed by atoms with van der Waals surface area (Å²) in [5, 5.41) is 7.76. The second-order valence-electron chi connectivity index (χ2n) is 3.75. The van der Waals surface area contributed by atoms with Gasteiger partial charge in [0.2, 0.25) is 0 Å². The number of aryl methyl sites for hydroxylation is 1. The first-order chi connectivity index (χ1) is 8.43. The molecular weight excluding hydrogens is 247 g/mol. The minimum atomic E-state index is -4.68. The maximum absolute atomic E-state index is 12.6. The summed E-state index contributed by atoms with van der Waals surface area (Å²) in [5.74, 6) is 0. The van der Waals surface area contributed by atoms with Crippen LogP contribution in [0, 0.1) is 11.8 Å². The molecular formula is C11H8F3N3O. The fourth-order valence-corrected chi connectivity index (χ4v) is 1.54. The zero-order valence-electron chi connectivity index (χ0n) is 9.25. The van der Waals surface area contributed by atoms with Gasteiger partial charge in [-0.3, -0.25) is 5.10 Å². The monoisotopic (exact) mass is 255 g/mol. The molecule has 0 aliphatic rings. The van der Waals surface area contributed by atoms with E-state index in [2.05, 4.69) is 10.3 Å². The normalized spacial score (nSPS) is 11.6. The lowest BCUT2D eigenvalue weighted by Gasteiger charge is -2.02. The summed E-state index contributed by atoms with van der Waals surface area (Å²) in [5.41, 5.74) is -0.690. The van der Waals surface area contributed by atoms with Crippen LogP contribution in [0.4, 0.5) is 18.9 Å². The van der Waals surface area contributed by atoms with Gasteiger partial charge >= 0.3 is 6.18 Å². The van der Waals surface area contributed by atoms with Crippen LogP contribution < -0.4 is 0 Å². The molecule has 0 aliphatic heterocycles. The molecule has 94 valence electrons. The summed E-state index contributed by atoms with van der Waals surface area (Å²) in [7, 11) is 0. The Labute approximate surface area is 99.8 Å². The van der Waals surface area contributed by atoms with Crippen molar-refractivity contribution in [2.75, 3.05) is 0 Å². The largest absolute Gasteiger partial charge is 0.435 e. The van der Waals surface area contributed by atoms with Crippen LogP contribution in [0.3, 0.4) is 0 Å². The average Bonchev–Trinajstić information content (AvgIpc) is 2.73. The highest BCUT2D eigenvalue weighted by molar-refractivity contribution is 5.74. The van der Waals surface area contributed by atoms with Crippen LogP contribution in [-0.4, -0.2) is 10.2 Å². The van der Waals surface area contributed by atoms with Gasteiger partial charge in [-0.05, 0) is 12.1 Å². The molecule has 1 heterocycles. The molecule has 0 bridgehead atoms. The molecule has 1 aromatic carbocycles. The van der Waals surface area contributed by atoms with Gasteiger partial charge in [-0.15, -0.1) is 4.91 Å². The predicted octanol–water partition coefficient (Wildman–Crippen LogP) is 3.80. The number of nitrogens with zero attached hydrogens (tertiary/aromatic N) is 2. The Morgan fingerprint density at radius 3 is 2.33 bits per heavy atom. The van der Waals surface area contributed by atoms with E-state index in [1.165, 1.54) is 0 Å². The number of nitroso groups, excluding NO2 is 1. The molecule has 18 heavy (non-hydrogen) atoms. The van der Waals surface area contributed by atoms with Gasteiger partial charge in [0.15, 0.2) is 11.4 Å². The molecule has 0 radical (unpaired) electrons. The third kappa shape index (κ3) is 2.11. The quantitative estimate of drug-likeness (QED) is 0.829. The number of alkyl halides is 3. The Morgan fingerprint density at radius 1 is 1.22 bits per heavy atom. The van der Waals surface area contributed by atoms with E-state index in [0.717, 1.165) is 5.56 Å². The summed E-state index contributed by atoms with van der Waals surface area (Å²) < 4.78 is 37.7. The van der Waals surface area contributed by atoms with Crippen molar-refractivity contribution in [2.45, 2.75) is 13.1 Å². The molecule has 0 aliphatic carbocycles. The fourth-order valence-electron chi connectivity index (χ4n) is 1.54. The fraction of sp³-hybridized carbons (Fsp3) is 0.182. The molecule has 0 fully saturated rings. The SMILES string of the molecule is Cc1ccc(-c2n[nH]c(C(F)(F)F)c2N=O)cc1. The lowest BCUT2D eigenvalue weighted by Crippen LogP contribution is -2.05. The van der Waals surface area contributed by atoms with E-state index in [1.807, 2.05) is 12.0 Å². The average molecular weight is 255 g/mol. The van der Waals surface area contributed by atoms with Crippen molar-refractivity contribution in [3.8, 4) is 11.3 Å². The molecule has 0 saturated carbocycles. The Kier molecular flexibility index (Phi) is 2.90. The number of hydrogen-bond donors (Lipinski definition) is 1. The second-order valence-corrected chi connectivity index (χ2v) is 3.75. The van der Waals surface area contributed by atoms with Crippen LogP contribution >= 0.6 is 0 Å². The van der Waals surface area contributed by atoms with Gasteiger partial charge in [-0.25, -0.2) is 0 Å². The van der Waals surface area contributed by atoms with Gasteiger partial charge in [0.05, 0.1) is 0 Å². The summed E-state index contributed by atoms with van der Waals surface area (Å²) in [6.45, 7) is 1.84. The van der Waals surface area contributed by atoms with Crippen molar-refractivity contribution in [2.24, 2.45) is 5.18 Å². The topological polar surface area (TPSA) is 58.1 Å². The summed E-state index contributed by atoms with van der Waals surface area (Å²) in [6, 6.07) is 6.60. The molecule has 2 rings (SSSR count). The van der Waals surface area contributed by atoms with Crippen LogP contribution in [0.15, 0.2) is 29.4 Å². The van der Waals surface area contributed by atoms with Gasteiger partial charge in [-0.1, -0.05) is 29.8 Å². The summed E-state index contributed by atoms with van der Waals surface area (Å²) in [4.78, 5) is 10.6. The van der Waals surface area contributed by atoms with E-state index in [0.29, 0.717) is 5.56 Å². The van der Waals surface area contributed by atoms with Crippen molar-refractivity contribution in [3.63, 3.8) is 0 Å². The maximum Gasteiger partial charge on any atom is 0.435 e. The number of hydrogen-bond acceptors (Lipinski definition) is 3. The molecule has 0 spiro atoms. The molecule has 2 aromatic rings. The van der Waals surface area contributed by atoms with Crippen molar-refractivity contribution in [3.05, 3.63) is 40.4 Å². The van der Waals surface area contributed by atoms with Gasteiger partial charge < -0.3 is 0 Å². The molecule has 1 N–H and O–H groups in total. The first-order valence-corrected chi connectivity index (χ1v) is 4.99. The zero-order chi connectivity index (χ0) is 13.3. The van der Waals surface area contributed by atoms with E-state index >= 15 is 0 Å². The van der Waals surface area contributed by atoms with E-state index in [4.69, 9.17) is 0 Å². The number of halogens is 3. The minimum Gasteiger partial charge on any atom is -0.271 e. The highest BCUT2D eigenvalue weighted by Gasteiger charge is 2.38. The molecule has 0 atom stereocenters. The Hall–Kier alpha value is -2.18. The van der Waals surface area contributed by atoms with Crippen LogP contribution in [0.25, 0.3) is 11.3 Å². The van der Waals surface area contributed by atoms with Crippen molar-refractivity contribution in [1.29, 1.82) is 0 Å². The Balaban J connectivity index is 2.56. The molecule has 0 amide bonds. The van der Waals surface area contributed by atoms with Crippen LogP contribution in [-0.2, 0) is 6.18 Å². The minimum absolute atomic E-state index is 0.0997. The summed E-state index contributed by atoms with van der Waals surface area (Å²) in [6.07, 6.45) is -4.68. The standard InChI is InChI=1S/C11H8F3N3O/c1-6-2-4-7(5-3-6)8-9(17-18)10(16-15-8)11(12,13)14/h2-5H,1H3,(H,15,16). The number of aromatic amines is 1. The van der Waals surface area contributed by atoms with Crippen LogP contribution in [0.5, 0.6) is 0 Å². The number of nitrogens with one attached hydrogen (secondary N) is 1. The number of rotatable bonds is 2. The Morgan fingerprint density at radius 2 is 1.83 bits per heavy atom. The highest BCUT2D eigenvalue weighted by Crippen LogP contribution is 2.40. The molecule has 4 nitrogen and oxygen atoms in total. The highest BCUT2D eigenvalue weighted by atomic mass is 19.4. The first-order valence-electron chi connectivity index (χ1n) is 4.99. The predicted molar refractivity (Wildman–Crippen MR) is 59.2 cm³/mol. The molecule has 7 heteroatoms. The zero-order valence-corrected chi connectivity index (χ0v) is 9.25. The first kappa shape index (κ1) is 12.3. The van der Waals surface area contributed by atoms with Crippen LogP contribution in [0.1, 0.15) is 11.3 Å². The lowest BCUT2D eigenvalue weighted by molar-refractivity contribution is -0.140. The molecule has 1 aromatic heterocycles. The van der Waals surface area contributed by atoms with Crippen LogP contribution in [0.2, 0.25) is 0 Å². The van der Waals surface area contributed by atoms with E-state index < -0.39 is 17.6 Å². The van der Waals surface area contributed by atoms with Gasteiger partial charge in [0.25, 0.3) is 0 Å². The number of benzene rings is 1. The van der Waals surface area contributed by atoms with Gasteiger partial charge in [0, 0.05) is 5.56 Å². The van der Waals surface area contributed by atoms with E-state index in [-0.39, 0.29) is 5.69 Å². The second kappa shape index (κ2) is 4.25. The van der Waals surface area contributed by atoms with Crippen molar-refractivity contribution >= 4 is 5.69 Å². The third-order valence-corrected chi connectivity index (χ3v) is 2.44. The third-order valence-electron chi connectivity index (χ3n) is 2.44. The van der Waals surface area contributed by atoms with Crippen molar-refractivity contribution < 1.29 is 13.2 Å².